The van der Waals surface area contributed by atoms with Gasteiger partial charge in [-0.1, -0.05) is 13.8 Å². The minimum absolute atomic E-state index is 0.152. The van der Waals surface area contributed by atoms with Crippen molar-refractivity contribution in [2.75, 3.05) is 16.8 Å². The summed E-state index contributed by atoms with van der Waals surface area (Å²) < 4.78 is 47.7. The van der Waals surface area contributed by atoms with E-state index in [1.807, 2.05) is 11.8 Å². The molecule has 1 saturated heterocycles. The van der Waals surface area contributed by atoms with Crippen molar-refractivity contribution in [3.05, 3.63) is 24.3 Å². The first-order valence-electron chi connectivity index (χ1n) is 6.70. The van der Waals surface area contributed by atoms with Crippen molar-refractivity contribution in [3.63, 3.8) is 0 Å². The fourth-order valence-corrected chi connectivity index (χ4v) is 4.55. The van der Waals surface area contributed by atoms with Gasteiger partial charge in [0, 0.05) is 17.5 Å². The molecule has 21 heavy (non-hydrogen) atoms. The maximum atomic E-state index is 12.5. The molecule has 1 atom stereocenters. The Labute approximate surface area is 128 Å². The highest BCUT2D eigenvalue weighted by atomic mass is 32.2. The molecule has 1 unspecified atom stereocenters. The molecule has 0 amide bonds. The topological polar surface area (TPSA) is 46.2 Å². The minimum Gasteiger partial charge on any atom is -0.381 e. The van der Waals surface area contributed by atoms with E-state index >= 15 is 0 Å². The number of nitrogens with one attached hydrogen (secondary N) is 1. The van der Waals surface area contributed by atoms with Gasteiger partial charge >= 0.3 is 5.76 Å². The lowest BCUT2D eigenvalue weighted by atomic mass is 9.82. The number of alkyl halides is 2. The van der Waals surface area contributed by atoms with Crippen LogP contribution in [0.25, 0.3) is 0 Å². The first-order valence-corrected chi connectivity index (χ1v) is 9.40. The fraction of sp³-hybridized carbons (Fsp3) is 0.571. The van der Waals surface area contributed by atoms with Crippen LogP contribution in [0.3, 0.4) is 0 Å². The van der Waals surface area contributed by atoms with E-state index in [1.165, 1.54) is 12.1 Å². The Morgan fingerprint density at radius 2 is 1.90 bits per heavy atom. The summed E-state index contributed by atoms with van der Waals surface area (Å²) in [5.74, 6) is -1.27. The van der Waals surface area contributed by atoms with Gasteiger partial charge in [0.1, 0.15) is 0 Å². The van der Waals surface area contributed by atoms with Crippen LogP contribution in [0, 0.1) is 5.41 Å². The number of anilines is 1. The maximum Gasteiger partial charge on any atom is 0.341 e. The summed E-state index contributed by atoms with van der Waals surface area (Å²) in [6, 6.07) is 5.82. The van der Waals surface area contributed by atoms with Crippen LogP contribution < -0.4 is 5.32 Å². The summed E-state index contributed by atoms with van der Waals surface area (Å²) in [4.78, 5) is -0.347. The molecule has 3 nitrogen and oxygen atoms in total. The van der Waals surface area contributed by atoms with E-state index in [0.717, 1.165) is 23.6 Å². The molecule has 118 valence electrons. The van der Waals surface area contributed by atoms with E-state index in [1.54, 1.807) is 12.1 Å². The van der Waals surface area contributed by atoms with Gasteiger partial charge in [-0.15, -0.1) is 0 Å². The lowest BCUT2D eigenvalue weighted by Crippen LogP contribution is -2.41. The first-order chi connectivity index (χ1) is 9.73. The third kappa shape index (κ3) is 3.69. The van der Waals surface area contributed by atoms with Gasteiger partial charge in [0.25, 0.3) is 0 Å². The zero-order valence-electron chi connectivity index (χ0n) is 12.0. The molecule has 1 aliphatic heterocycles. The Kier molecular flexibility index (Phi) is 4.82. The highest BCUT2D eigenvalue weighted by molar-refractivity contribution is 7.99. The first kappa shape index (κ1) is 16.5. The molecule has 0 aromatic heterocycles. The molecule has 0 spiro atoms. The average Bonchev–Trinajstić information content (AvgIpc) is 2.41. The largest absolute Gasteiger partial charge is 0.381 e. The second-order valence-electron chi connectivity index (χ2n) is 5.84. The summed E-state index contributed by atoms with van der Waals surface area (Å²) >= 11 is 1.88. The van der Waals surface area contributed by atoms with Gasteiger partial charge in [-0.2, -0.15) is 20.5 Å². The van der Waals surface area contributed by atoms with E-state index in [2.05, 4.69) is 19.2 Å². The van der Waals surface area contributed by atoms with E-state index < -0.39 is 15.6 Å². The zero-order valence-corrected chi connectivity index (χ0v) is 13.6. The third-order valence-corrected chi connectivity index (χ3v) is 6.34. The number of thioether (sulfide) groups is 1. The van der Waals surface area contributed by atoms with E-state index in [9.17, 15) is 17.2 Å². The minimum atomic E-state index is -4.51. The highest BCUT2D eigenvalue weighted by Gasteiger charge is 2.32. The van der Waals surface area contributed by atoms with Crippen LogP contribution in [-0.4, -0.2) is 31.7 Å². The van der Waals surface area contributed by atoms with E-state index in [-0.39, 0.29) is 16.4 Å². The second kappa shape index (κ2) is 6.12. The lowest BCUT2D eigenvalue weighted by molar-refractivity contribution is 0.234. The monoisotopic (exact) mass is 335 g/mol. The predicted molar refractivity (Wildman–Crippen MR) is 82.8 cm³/mol. The number of hydrogen-bond acceptors (Lipinski definition) is 4. The fourth-order valence-electron chi connectivity index (χ4n) is 2.22. The van der Waals surface area contributed by atoms with Crippen molar-refractivity contribution in [2.24, 2.45) is 5.41 Å². The van der Waals surface area contributed by atoms with Gasteiger partial charge < -0.3 is 5.32 Å². The van der Waals surface area contributed by atoms with Gasteiger partial charge in [0.2, 0.25) is 9.84 Å². The second-order valence-corrected chi connectivity index (χ2v) is 8.91. The smallest absolute Gasteiger partial charge is 0.341 e. The summed E-state index contributed by atoms with van der Waals surface area (Å²) in [6.45, 7) is 4.39. The van der Waals surface area contributed by atoms with Crippen molar-refractivity contribution in [3.8, 4) is 0 Å². The number of sulfone groups is 1. The molecular weight excluding hydrogens is 316 g/mol. The molecule has 2 rings (SSSR count). The quantitative estimate of drug-likeness (QED) is 0.913. The van der Waals surface area contributed by atoms with Gasteiger partial charge in [-0.25, -0.2) is 8.42 Å². The summed E-state index contributed by atoms with van der Waals surface area (Å²) in [7, 11) is -4.51. The summed E-state index contributed by atoms with van der Waals surface area (Å²) in [6.07, 6.45) is 1.10. The molecule has 1 N–H and O–H groups in total. The van der Waals surface area contributed by atoms with Crippen molar-refractivity contribution < 1.29 is 17.2 Å². The number of halogens is 2. The molecule has 7 heteroatoms. The Morgan fingerprint density at radius 3 is 2.43 bits per heavy atom. The van der Waals surface area contributed by atoms with Crippen molar-refractivity contribution in [1.29, 1.82) is 0 Å². The van der Waals surface area contributed by atoms with E-state index in [4.69, 9.17) is 0 Å². The Bertz CT molecular complexity index is 585. The van der Waals surface area contributed by atoms with Crippen LogP contribution in [0.5, 0.6) is 0 Å². The predicted octanol–water partition coefficient (Wildman–Crippen LogP) is 3.63. The van der Waals surface area contributed by atoms with Gasteiger partial charge in [0.15, 0.2) is 0 Å². The SMILES string of the molecule is CC1(C)CCSCC1Nc1ccc(S(=O)(=O)C(F)F)cc1. The zero-order chi connectivity index (χ0) is 15.7. The third-order valence-electron chi connectivity index (χ3n) is 3.88. The van der Waals surface area contributed by atoms with Crippen LogP contribution in [0.2, 0.25) is 0 Å². The molecule has 0 saturated carbocycles. The van der Waals surface area contributed by atoms with Crippen molar-refractivity contribution in [1.82, 2.24) is 0 Å². The van der Waals surface area contributed by atoms with Crippen LogP contribution in [-0.2, 0) is 9.84 Å². The molecule has 1 aromatic rings. The van der Waals surface area contributed by atoms with Crippen LogP contribution in [0.15, 0.2) is 29.2 Å². The van der Waals surface area contributed by atoms with Crippen LogP contribution in [0.1, 0.15) is 20.3 Å². The molecule has 0 bridgehead atoms. The standard InChI is InChI=1S/C14H19F2NO2S2/c1-14(2)7-8-20-9-12(14)17-10-3-5-11(6-4-10)21(18,19)13(15)16/h3-6,12-13,17H,7-9H2,1-2H3. The maximum absolute atomic E-state index is 12.5. The number of benzene rings is 1. The van der Waals surface area contributed by atoms with Crippen LogP contribution >= 0.6 is 11.8 Å². The molecule has 1 aromatic carbocycles. The van der Waals surface area contributed by atoms with Gasteiger partial charge in [-0.3, -0.25) is 0 Å². The molecular formula is C14H19F2NO2S2. The molecule has 1 heterocycles. The molecule has 1 aliphatic rings. The van der Waals surface area contributed by atoms with E-state index in [0.29, 0.717) is 0 Å². The highest BCUT2D eigenvalue weighted by Crippen LogP contribution is 2.36. The number of rotatable bonds is 4. The Morgan fingerprint density at radius 1 is 1.29 bits per heavy atom. The average molecular weight is 335 g/mol. The van der Waals surface area contributed by atoms with Crippen LogP contribution in [0.4, 0.5) is 14.5 Å². The molecule has 0 radical (unpaired) electrons. The summed E-state index contributed by atoms with van der Waals surface area (Å²) in [5.41, 5.74) is 0.905. The Balaban J connectivity index is 2.13. The van der Waals surface area contributed by atoms with Gasteiger partial charge in [-0.05, 0) is 41.9 Å². The normalized spacial score (nSPS) is 22.2. The Hall–Kier alpha value is -0.820. The molecule has 1 fully saturated rings. The van der Waals surface area contributed by atoms with Gasteiger partial charge in [0.05, 0.1) is 4.90 Å². The summed E-state index contributed by atoms with van der Waals surface area (Å²) in [5, 5.41) is 3.38. The lowest BCUT2D eigenvalue weighted by Gasteiger charge is -2.39. The van der Waals surface area contributed by atoms with Crippen molar-refractivity contribution in [2.45, 2.75) is 37.0 Å². The number of hydrogen-bond donors (Lipinski definition) is 1. The molecule has 0 aliphatic carbocycles. The van der Waals surface area contributed by atoms with Crippen molar-refractivity contribution >= 4 is 27.3 Å².